The van der Waals surface area contributed by atoms with E-state index in [2.05, 4.69) is 19.2 Å². The Balaban J connectivity index is 2.58. The number of nitrogens with one attached hydrogen (secondary N) is 1. The fraction of sp³-hybridized carbons (Fsp3) is 0.500. The van der Waals surface area contributed by atoms with Crippen LogP contribution in [0.1, 0.15) is 44.7 Å². The monoisotopic (exact) mass is 234 g/mol. The molecule has 0 heterocycles. The lowest BCUT2D eigenvalue weighted by Gasteiger charge is -2.19. The van der Waals surface area contributed by atoms with Gasteiger partial charge < -0.3 is 11.1 Å². The van der Waals surface area contributed by atoms with Gasteiger partial charge in [0.15, 0.2) is 0 Å². The zero-order chi connectivity index (χ0) is 12.7. The van der Waals surface area contributed by atoms with E-state index in [0.29, 0.717) is 0 Å². The first-order chi connectivity index (χ1) is 8.19. The van der Waals surface area contributed by atoms with Crippen molar-refractivity contribution in [2.45, 2.75) is 45.2 Å². The molecule has 1 amide bonds. The third kappa shape index (κ3) is 4.19. The minimum atomic E-state index is -0.567. The summed E-state index contributed by atoms with van der Waals surface area (Å²) in [6.07, 6.45) is 3.02. The Bertz CT molecular complexity index is 337. The quantitative estimate of drug-likeness (QED) is 0.794. The Labute approximate surface area is 103 Å². The number of benzene rings is 1. The standard InChI is InChI=1S/C14H22N2O/c1-3-8-12(4-2)16-14(17)13(15)11-9-6-5-7-10-11/h5-7,9-10,12-13H,3-4,8,15H2,1-2H3,(H,16,17)/t12?,13-/m0/s1. The van der Waals surface area contributed by atoms with Crippen molar-refractivity contribution in [2.75, 3.05) is 0 Å². The van der Waals surface area contributed by atoms with Crippen LogP contribution in [0.25, 0.3) is 0 Å². The van der Waals surface area contributed by atoms with E-state index in [-0.39, 0.29) is 11.9 Å². The molecule has 0 aliphatic heterocycles. The summed E-state index contributed by atoms with van der Waals surface area (Å²) in [4.78, 5) is 12.0. The molecule has 0 bridgehead atoms. The van der Waals surface area contributed by atoms with E-state index in [9.17, 15) is 4.79 Å². The molecule has 2 atom stereocenters. The van der Waals surface area contributed by atoms with E-state index in [0.717, 1.165) is 24.8 Å². The van der Waals surface area contributed by atoms with Crippen LogP contribution in [-0.2, 0) is 4.79 Å². The molecule has 0 aromatic heterocycles. The molecule has 3 heteroatoms. The summed E-state index contributed by atoms with van der Waals surface area (Å²) in [7, 11) is 0. The SMILES string of the molecule is CCCC(CC)NC(=O)[C@@H](N)c1ccccc1. The fourth-order valence-electron chi connectivity index (χ4n) is 1.83. The van der Waals surface area contributed by atoms with Gasteiger partial charge in [-0.2, -0.15) is 0 Å². The van der Waals surface area contributed by atoms with Crippen LogP contribution in [0.5, 0.6) is 0 Å². The zero-order valence-corrected chi connectivity index (χ0v) is 10.6. The molecule has 0 fully saturated rings. The van der Waals surface area contributed by atoms with Gasteiger partial charge in [-0.05, 0) is 18.4 Å². The highest BCUT2D eigenvalue weighted by molar-refractivity contribution is 5.83. The number of hydrogen-bond acceptors (Lipinski definition) is 2. The maximum Gasteiger partial charge on any atom is 0.241 e. The number of hydrogen-bond donors (Lipinski definition) is 2. The predicted molar refractivity (Wildman–Crippen MR) is 70.5 cm³/mol. The van der Waals surface area contributed by atoms with Crippen LogP contribution in [0.3, 0.4) is 0 Å². The summed E-state index contributed by atoms with van der Waals surface area (Å²) in [5, 5.41) is 3.00. The van der Waals surface area contributed by atoms with E-state index in [1.165, 1.54) is 0 Å². The lowest BCUT2D eigenvalue weighted by Crippen LogP contribution is -2.40. The van der Waals surface area contributed by atoms with Crippen molar-refractivity contribution in [1.29, 1.82) is 0 Å². The van der Waals surface area contributed by atoms with Crippen molar-refractivity contribution in [3.8, 4) is 0 Å². The topological polar surface area (TPSA) is 55.1 Å². The molecule has 17 heavy (non-hydrogen) atoms. The van der Waals surface area contributed by atoms with Gasteiger partial charge in [-0.1, -0.05) is 50.6 Å². The van der Waals surface area contributed by atoms with Crippen LogP contribution in [0.2, 0.25) is 0 Å². The summed E-state index contributed by atoms with van der Waals surface area (Å²) in [5.74, 6) is -0.0866. The molecular weight excluding hydrogens is 212 g/mol. The lowest BCUT2D eigenvalue weighted by molar-refractivity contribution is -0.123. The molecule has 1 unspecified atom stereocenters. The lowest BCUT2D eigenvalue weighted by atomic mass is 10.1. The highest BCUT2D eigenvalue weighted by atomic mass is 16.2. The van der Waals surface area contributed by atoms with Crippen LogP contribution in [-0.4, -0.2) is 11.9 Å². The summed E-state index contributed by atoms with van der Waals surface area (Å²) >= 11 is 0. The van der Waals surface area contributed by atoms with Gasteiger partial charge >= 0.3 is 0 Å². The van der Waals surface area contributed by atoms with Crippen molar-refractivity contribution in [2.24, 2.45) is 5.73 Å². The van der Waals surface area contributed by atoms with E-state index in [1.54, 1.807) is 0 Å². The van der Waals surface area contributed by atoms with Gasteiger partial charge in [-0.15, -0.1) is 0 Å². The Morgan fingerprint density at radius 1 is 1.29 bits per heavy atom. The highest BCUT2D eigenvalue weighted by Gasteiger charge is 2.17. The molecule has 0 aliphatic rings. The van der Waals surface area contributed by atoms with E-state index in [4.69, 9.17) is 5.73 Å². The summed E-state index contributed by atoms with van der Waals surface area (Å²) in [6.45, 7) is 4.20. The first-order valence-electron chi connectivity index (χ1n) is 6.29. The second kappa shape index (κ2) is 7.07. The maximum atomic E-state index is 12.0. The molecule has 94 valence electrons. The largest absolute Gasteiger partial charge is 0.352 e. The van der Waals surface area contributed by atoms with Gasteiger partial charge in [0, 0.05) is 6.04 Å². The van der Waals surface area contributed by atoms with Gasteiger partial charge in [0.1, 0.15) is 6.04 Å². The van der Waals surface area contributed by atoms with Crippen LogP contribution in [0.4, 0.5) is 0 Å². The minimum absolute atomic E-state index is 0.0866. The molecular formula is C14H22N2O. The summed E-state index contributed by atoms with van der Waals surface area (Å²) < 4.78 is 0. The van der Waals surface area contributed by atoms with Crippen LogP contribution >= 0.6 is 0 Å². The van der Waals surface area contributed by atoms with Crippen molar-refractivity contribution >= 4 is 5.91 Å². The zero-order valence-electron chi connectivity index (χ0n) is 10.6. The number of amides is 1. The average molecular weight is 234 g/mol. The predicted octanol–water partition coefficient (Wildman–Crippen LogP) is 2.38. The Morgan fingerprint density at radius 2 is 1.94 bits per heavy atom. The van der Waals surface area contributed by atoms with Crippen LogP contribution < -0.4 is 11.1 Å². The molecule has 1 aromatic carbocycles. The molecule has 0 radical (unpaired) electrons. The third-order valence-electron chi connectivity index (χ3n) is 2.92. The molecule has 0 spiro atoms. The second-order valence-corrected chi connectivity index (χ2v) is 4.29. The molecule has 1 aromatic rings. The number of carbonyl (C=O) groups excluding carboxylic acids is 1. The number of rotatable bonds is 6. The minimum Gasteiger partial charge on any atom is -0.352 e. The molecule has 0 saturated carbocycles. The summed E-state index contributed by atoms with van der Waals surface area (Å²) in [5.41, 5.74) is 6.78. The normalized spacial score (nSPS) is 14.1. The van der Waals surface area contributed by atoms with E-state index in [1.807, 2.05) is 30.3 Å². The molecule has 0 saturated heterocycles. The van der Waals surface area contributed by atoms with Gasteiger partial charge in [-0.3, -0.25) is 4.79 Å². The Hall–Kier alpha value is -1.35. The van der Waals surface area contributed by atoms with E-state index >= 15 is 0 Å². The van der Waals surface area contributed by atoms with Crippen LogP contribution in [0.15, 0.2) is 30.3 Å². The first kappa shape index (κ1) is 13.7. The maximum absolute atomic E-state index is 12.0. The van der Waals surface area contributed by atoms with E-state index < -0.39 is 6.04 Å². The average Bonchev–Trinajstić information content (AvgIpc) is 2.38. The van der Waals surface area contributed by atoms with Crippen molar-refractivity contribution in [3.63, 3.8) is 0 Å². The van der Waals surface area contributed by atoms with Crippen LogP contribution in [0, 0.1) is 0 Å². The number of carbonyl (C=O) groups is 1. The van der Waals surface area contributed by atoms with Gasteiger partial charge in [-0.25, -0.2) is 0 Å². The van der Waals surface area contributed by atoms with Crippen molar-refractivity contribution in [3.05, 3.63) is 35.9 Å². The Morgan fingerprint density at radius 3 is 2.47 bits per heavy atom. The molecule has 3 nitrogen and oxygen atoms in total. The van der Waals surface area contributed by atoms with Gasteiger partial charge in [0.05, 0.1) is 0 Å². The fourth-order valence-corrected chi connectivity index (χ4v) is 1.83. The molecule has 3 N–H and O–H groups in total. The second-order valence-electron chi connectivity index (χ2n) is 4.29. The van der Waals surface area contributed by atoms with Gasteiger partial charge in [0.25, 0.3) is 0 Å². The molecule has 1 rings (SSSR count). The highest BCUT2D eigenvalue weighted by Crippen LogP contribution is 2.10. The first-order valence-corrected chi connectivity index (χ1v) is 6.29. The summed E-state index contributed by atoms with van der Waals surface area (Å²) in [6, 6.07) is 9.14. The Kier molecular flexibility index (Phi) is 5.70. The number of nitrogens with two attached hydrogens (primary N) is 1. The van der Waals surface area contributed by atoms with Gasteiger partial charge in [0.2, 0.25) is 5.91 Å². The third-order valence-corrected chi connectivity index (χ3v) is 2.92. The van der Waals surface area contributed by atoms with Crippen molar-refractivity contribution in [1.82, 2.24) is 5.32 Å². The molecule has 0 aliphatic carbocycles. The van der Waals surface area contributed by atoms with Crippen molar-refractivity contribution < 1.29 is 4.79 Å². The smallest absolute Gasteiger partial charge is 0.241 e.